The standard InChI is InChI=1S/C20H31NO5/c1-13-14(2)18(24)16(15(3)17(13)23)9-10-20(4,26)19(25)21-11-7-5-6-8-12-22/h9-10,22-24,26H,5-8,11-12H2,1-4H3,(H,21,25). The van der Waals surface area contributed by atoms with Crippen molar-refractivity contribution in [3.8, 4) is 11.5 Å². The Hall–Kier alpha value is -2.05. The number of aliphatic hydroxyl groups is 2. The molecule has 0 bridgehead atoms. The van der Waals surface area contributed by atoms with Crippen molar-refractivity contribution in [2.24, 2.45) is 0 Å². The molecule has 6 nitrogen and oxygen atoms in total. The first-order chi connectivity index (χ1) is 12.1. The van der Waals surface area contributed by atoms with Crippen molar-refractivity contribution < 1.29 is 25.2 Å². The van der Waals surface area contributed by atoms with Gasteiger partial charge >= 0.3 is 0 Å². The van der Waals surface area contributed by atoms with E-state index in [0.29, 0.717) is 28.8 Å². The monoisotopic (exact) mass is 365 g/mol. The van der Waals surface area contributed by atoms with Gasteiger partial charge in [0.15, 0.2) is 5.60 Å². The first kappa shape index (κ1) is 22.0. The lowest BCUT2D eigenvalue weighted by molar-refractivity contribution is -0.133. The molecule has 0 saturated carbocycles. The number of hydrogen-bond donors (Lipinski definition) is 5. The van der Waals surface area contributed by atoms with E-state index in [1.165, 1.54) is 19.1 Å². The third kappa shape index (κ3) is 5.47. The Morgan fingerprint density at radius 3 is 2.19 bits per heavy atom. The third-order valence-corrected chi connectivity index (χ3v) is 4.69. The molecule has 5 N–H and O–H groups in total. The average Bonchev–Trinajstić information content (AvgIpc) is 2.60. The number of aliphatic hydroxyl groups excluding tert-OH is 1. The molecular formula is C20H31NO5. The van der Waals surface area contributed by atoms with Gasteiger partial charge in [0.1, 0.15) is 11.5 Å². The molecule has 1 unspecified atom stereocenters. The first-order valence-corrected chi connectivity index (χ1v) is 8.96. The lowest BCUT2D eigenvalue weighted by Gasteiger charge is -2.19. The number of hydrogen-bond acceptors (Lipinski definition) is 5. The Balaban J connectivity index is 2.79. The molecule has 0 spiro atoms. The van der Waals surface area contributed by atoms with Crippen molar-refractivity contribution >= 4 is 12.0 Å². The van der Waals surface area contributed by atoms with Crippen LogP contribution in [0.2, 0.25) is 0 Å². The van der Waals surface area contributed by atoms with Crippen molar-refractivity contribution in [1.29, 1.82) is 0 Å². The average molecular weight is 365 g/mol. The van der Waals surface area contributed by atoms with E-state index in [0.717, 1.165) is 25.7 Å². The molecule has 0 aliphatic heterocycles. The fourth-order valence-electron chi connectivity index (χ4n) is 2.64. The Labute approximate surface area is 155 Å². The summed E-state index contributed by atoms with van der Waals surface area (Å²) in [5, 5.41) is 42.2. The number of nitrogens with one attached hydrogen (secondary N) is 1. The molecule has 6 heteroatoms. The second kappa shape index (κ2) is 9.59. The number of aromatic hydroxyl groups is 2. The topological polar surface area (TPSA) is 110 Å². The van der Waals surface area contributed by atoms with Crippen molar-refractivity contribution in [1.82, 2.24) is 5.32 Å². The predicted octanol–water partition coefficient (Wildman–Crippen LogP) is 2.46. The highest BCUT2D eigenvalue weighted by atomic mass is 16.3. The van der Waals surface area contributed by atoms with Crippen molar-refractivity contribution in [2.45, 2.75) is 59.0 Å². The number of benzene rings is 1. The Kier molecular flexibility index (Phi) is 8.11. The lowest BCUT2D eigenvalue weighted by atomic mass is 9.95. The number of phenolic OH excluding ortho intramolecular Hbond substituents is 2. The molecule has 0 radical (unpaired) electrons. The van der Waals surface area contributed by atoms with Gasteiger partial charge in [-0.1, -0.05) is 18.9 Å². The number of phenols is 2. The summed E-state index contributed by atoms with van der Waals surface area (Å²) in [6.45, 7) is 7.08. The second-order valence-corrected chi connectivity index (χ2v) is 6.86. The van der Waals surface area contributed by atoms with Crippen molar-refractivity contribution in [3.63, 3.8) is 0 Å². The third-order valence-electron chi connectivity index (χ3n) is 4.69. The summed E-state index contributed by atoms with van der Waals surface area (Å²) in [4.78, 5) is 12.2. The second-order valence-electron chi connectivity index (χ2n) is 6.86. The van der Waals surface area contributed by atoms with Crippen LogP contribution < -0.4 is 5.32 Å². The summed E-state index contributed by atoms with van der Waals surface area (Å²) >= 11 is 0. The van der Waals surface area contributed by atoms with Gasteiger partial charge in [0.2, 0.25) is 0 Å². The van der Waals surface area contributed by atoms with Gasteiger partial charge in [-0.15, -0.1) is 0 Å². The minimum Gasteiger partial charge on any atom is -0.507 e. The zero-order valence-corrected chi connectivity index (χ0v) is 16.1. The van der Waals surface area contributed by atoms with Crippen LogP contribution in [0.4, 0.5) is 0 Å². The van der Waals surface area contributed by atoms with Crippen LogP contribution in [-0.2, 0) is 4.79 Å². The van der Waals surface area contributed by atoms with Crippen LogP contribution in [0.15, 0.2) is 6.08 Å². The smallest absolute Gasteiger partial charge is 0.255 e. The fraction of sp³-hybridized carbons (Fsp3) is 0.550. The van der Waals surface area contributed by atoms with E-state index in [1.54, 1.807) is 20.8 Å². The highest BCUT2D eigenvalue weighted by Crippen LogP contribution is 2.37. The van der Waals surface area contributed by atoms with E-state index in [2.05, 4.69) is 5.32 Å². The highest BCUT2D eigenvalue weighted by Gasteiger charge is 2.27. The summed E-state index contributed by atoms with van der Waals surface area (Å²) in [5.74, 6) is -0.415. The van der Waals surface area contributed by atoms with Gasteiger partial charge in [-0.25, -0.2) is 0 Å². The molecule has 0 heterocycles. The van der Waals surface area contributed by atoms with Crippen molar-refractivity contribution in [2.75, 3.05) is 13.2 Å². The Morgan fingerprint density at radius 2 is 1.58 bits per heavy atom. The zero-order valence-electron chi connectivity index (χ0n) is 16.1. The van der Waals surface area contributed by atoms with E-state index in [-0.39, 0.29) is 18.1 Å². The SMILES string of the molecule is Cc1c(C)c(O)c(C=CC(C)(O)C(=O)NCCCCCCO)c(C)c1O. The largest absolute Gasteiger partial charge is 0.507 e. The van der Waals surface area contributed by atoms with Gasteiger partial charge in [0.05, 0.1) is 0 Å². The Bertz CT molecular complexity index is 636. The van der Waals surface area contributed by atoms with Crippen LogP contribution in [0.25, 0.3) is 6.08 Å². The molecule has 0 aliphatic carbocycles. The maximum atomic E-state index is 12.2. The van der Waals surface area contributed by atoms with E-state index in [4.69, 9.17) is 5.11 Å². The highest BCUT2D eigenvalue weighted by molar-refractivity contribution is 5.88. The number of rotatable bonds is 9. The first-order valence-electron chi connectivity index (χ1n) is 8.96. The molecule has 146 valence electrons. The van der Waals surface area contributed by atoms with E-state index in [9.17, 15) is 20.1 Å². The molecule has 0 aromatic heterocycles. The molecule has 0 fully saturated rings. The molecule has 0 aliphatic rings. The summed E-state index contributed by atoms with van der Waals surface area (Å²) in [6, 6.07) is 0. The molecule has 1 amide bonds. The van der Waals surface area contributed by atoms with Gasteiger partial charge in [-0.2, -0.15) is 0 Å². The molecular weight excluding hydrogens is 334 g/mol. The lowest BCUT2D eigenvalue weighted by Crippen LogP contribution is -2.43. The van der Waals surface area contributed by atoms with Crippen LogP contribution in [0, 0.1) is 20.8 Å². The van der Waals surface area contributed by atoms with Gasteiger partial charge in [0.25, 0.3) is 5.91 Å². The number of carbonyl (C=O) groups excluding carboxylic acids is 1. The van der Waals surface area contributed by atoms with Gasteiger partial charge < -0.3 is 25.7 Å². The van der Waals surface area contributed by atoms with Crippen LogP contribution in [0.1, 0.15) is 54.9 Å². The molecule has 1 aromatic carbocycles. The maximum absolute atomic E-state index is 12.2. The van der Waals surface area contributed by atoms with Gasteiger partial charge in [-0.3, -0.25) is 4.79 Å². The minimum absolute atomic E-state index is 0.0224. The maximum Gasteiger partial charge on any atom is 0.255 e. The fourth-order valence-corrected chi connectivity index (χ4v) is 2.64. The summed E-state index contributed by atoms with van der Waals surface area (Å²) in [6.07, 6.45) is 6.09. The van der Waals surface area contributed by atoms with E-state index >= 15 is 0 Å². The number of amides is 1. The van der Waals surface area contributed by atoms with Crippen LogP contribution >= 0.6 is 0 Å². The molecule has 1 rings (SSSR count). The molecule has 1 atom stereocenters. The van der Waals surface area contributed by atoms with Crippen molar-refractivity contribution in [3.05, 3.63) is 28.3 Å². The summed E-state index contributed by atoms with van der Waals surface area (Å²) in [7, 11) is 0. The predicted molar refractivity (Wildman–Crippen MR) is 102 cm³/mol. The van der Waals surface area contributed by atoms with Crippen LogP contribution in [0.5, 0.6) is 11.5 Å². The van der Waals surface area contributed by atoms with Gasteiger partial charge in [0, 0.05) is 24.3 Å². The van der Waals surface area contributed by atoms with Crippen LogP contribution in [-0.4, -0.2) is 45.1 Å². The molecule has 26 heavy (non-hydrogen) atoms. The summed E-state index contributed by atoms with van der Waals surface area (Å²) < 4.78 is 0. The number of unbranched alkanes of at least 4 members (excludes halogenated alkanes) is 3. The Morgan fingerprint density at radius 1 is 1.00 bits per heavy atom. The van der Waals surface area contributed by atoms with Gasteiger partial charge in [-0.05, 0) is 57.7 Å². The molecule has 0 saturated heterocycles. The summed E-state index contributed by atoms with van der Waals surface area (Å²) in [5.41, 5.74) is 0.283. The quantitative estimate of drug-likeness (QED) is 0.341. The minimum atomic E-state index is -1.74. The van der Waals surface area contributed by atoms with Crippen LogP contribution in [0.3, 0.4) is 0 Å². The van der Waals surface area contributed by atoms with E-state index < -0.39 is 11.5 Å². The molecule has 1 aromatic rings. The normalized spacial score (nSPS) is 13.8. The number of carbonyl (C=O) groups is 1. The van der Waals surface area contributed by atoms with E-state index in [1.807, 2.05) is 0 Å². The zero-order chi connectivity index (χ0) is 19.9.